The molecule has 8 heavy (non-hydrogen) atoms. The van der Waals surface area contributed by atoms with Crippen LogP contribution in [0.1, 0.15) is 13.8 Å². The standard InChI is InChI=1S/C6H13NS/c1-4-6-7(5-2)8-3/h4,6H,5H2,1-3H3. The van der Waals surface area contributed by atoms with Crippen molar-refractivity contribution in [2.24, 2.45) is 0 Å². The summed E-state index contributed by atoms with van der Waals surface area (Å²) >= 11 is 1.74. The molecular weight excluding hydrogens is 118 g/mol. The summed E-state index contributed by atoms with van der Waals surface area (Å²) in [5.41, 5.74) is 0. The third-order valence-corrected chi connectivity index (χ3v) is 1.71. The molecule has 1 nitrogen and oxygen atoms in total. The molecule has 0 aromatic carbocycles. The first kappa shape index (κ1) is 7.89. The summed E-state index contributed by atoms with van der Waals surface area (Å²) in [4.78, 5) is 0. The van der Waals surface area contributed by atoms with Crippen LogP contribution in [0.25, 0.3) is 0 Å². The van der Waals surface area contributed by atoms with E-state index >= 15 is 0 Å². The molecule has 0 bridgehead atoms. The highest BCUT2D eigenvalue weighted by Crippen LogP contribution is 2.03. The second-order valence-electron chi connectivity index (χ2n) is 1.40. The molecular formula is C6H13NS. The fourth-order valence-electron chi connectivity index (χ4n) is 0.462. The summed E-state index contributed by atoms with van der Waals surface area (Å²) < 4.78 is 2.17. The molecule has 0 atom stereocenters. The van der Waals surface area contributed by atoms with Gasteiger partial charge in [-0.3, -0.25) is 0 Å². The molecule has 0 heterocycles. The SMILES string of the molecule is CC=CN(CC)SC. The smallest absolute Gasteiger partial charge is 0.0260 e. The van der Waals surface area contributed by atoms with Gasteiger partial charge < -0.3 is 4.31 Å². The Labute approximate surface area is 55.9 Å². The molecule has 0 aliphatic carbocycles. The summed E-state index contributed by atoms with van der Waals surface area (Å²) in [6.45, 7) is 5.24. The van der Waals surface area contributed by atoms with Gasteiger partial charge in [0.15, 0.2) is 0 Å². The highest BCUT2D eigenvalue weighted by molar-refractivity contribution is 7.96. The maximum Gasteiger partial charge on any atom is 0.0260 e. The van der Waals surface area contributed by atoms with Crippen LogP contribution >= 0.6 is 11.9 Å². The van der Waals surface area contributed by atoms with Gasteiger partial charge in [0, 0.05) is 19.0 Å². The van der Waals surface area contributed by atoms with Crippen molar-refractivity contribution < 1.29 is 0 Å². The number of nitrogens with zero attached hydrogens (tertiary/aromatic N) is 1. The zero-order chi connectivity index (χ0) is 6.41. The van der Waals surface area contributed by atoms with Crippen molar-refractivity contribution in [2.75, 3.05) is 12.8 Å². The van der Waals surface area contributed by atoms with Crippen LogP contribution in [0.5, 0.6) is 0 Å². The number of rotatable bonds is 3. The van der Waals surface area contributed by atoms with Crippen molar-refractivity contribution in [1.29, 1.82) is 0 Å². The summed E-state index contributed by atoms with van der Waals surface area (Å²) in [6, 6.07) is 0. The van der Waals surface area contributed by atoms with Crippen LogP contribution in [0, 0.1) is 0 Å². The van der Waals surface area contributed by atoms with Gasteiger partial charge in [-0.1, -0.05) is 18.0 Å². The summed E-state index contributed by atoms with van der Waals surface area (Å²) in [5.74, 6) is 0. The van der Waals surface area contributed by atoms with Crippen molar-refractivity contribution in [1.82, 2.24) is 4.31 Å². The van der Waals surface area contributed by atoms with Crippen molar-refractivity contribution in [3.8, 4) is 0 Å². The lowest BCUT2D eigenvalue weighted by Crippen LogP contribution is -2.04. The lowest BCUT2D eigenvalue weighted by atomic mass is 10.6. The van der Waals surface area contributed by atoms with Gasteiger partial charge in [0.25, 0.3) is 0 Å². The third-order valence-electron chi connectivity index (χ3n) is 0.862. The molecule has 48 valence electrons. The van der Waals surface area contributed by atoms with Crippen molar-refractivity contribution in [2.45, 2.75) is 13.8 Å². The van der Waals surface area contributed by atoms with E-state index in [4.69, 9.17) is 0 Å². The minimum atomic E-state index is 1.07. The van der Waals surface area contributed by atoms with E-state index in [0.717, 1.165) is 6.54 Å². The van der Waals surface area contributed by atoms with Crippen LogP contribution in [0.15, 0.2) is 12.3 Å². The predicted molar refractivity (Wildman–Crippen MR) is 40.7 cm³/mol. The lowest BCUT2D eigenvalue weighted by molar-refractivity contribution is 0.661. The fourth-order valence-corrected chi connectivity index (χ4v) is 0.963. The molecule has 0 saturated heterocycles. The zero-order valence-corrected chi connectivity index (χ0v) is 6.53. The van der Waals surface area contributed by atoms with Crippen LogP contribution in [-0.2, 0) is 0 Å². The van der Waals surface area contributed by atoms with Crippen LogP contribution in [0.4, 0.5) is 0 Å². The maximum atomic E-state index is 2.17. The summed E-state index contributed by atoms with van der Waals surface area (Å²) in [7, 11) is 0. The van der Waals surface area contributed by atoms with Gasteiger partial charge in [-0.2, -0.15) is 0 Å². The van der Waals surface area contributed by atoms with Crippen molar-refractivity contribution >= 4 is 11.9 Å². The first-order valence-corrected chi connectivity index (χ1v) is 3.96. The molecule has 0 aromatic heterocycles. The van der Waals surface area contributed by atoms with Gasteiger partial charge in [0.1, 0.15) is 0 Å². The number of hydrogen-bond donors (Lipinski definition) is 0. The second-order valence-corrected chi connectivity index (χ2v) is 2.23. The van der Waals surface area contributed by atoms with E-state index in [1.165, 1.54) is 0 Å². The van der Waals surface area contributed by atoms with Crippen molar-refractivity contribution in [3.63, 3.8) is 0 Å². The van der Waals surface area contributed by atoms with E-state index in [1.54, 1.807) is 11.9 Å². The molecule has 0 aromatic rings. The van der Waals surface area contributed by atoms with Gasteiger partial charge in [0.05, 0.1) is 0 Å². The normalized spacial score (nSPS) is 10.4. The minimum Gasteiger partial charge on any atom is -0.324 e. The summed E-state index contributed by atoms with van der Waals surface area (Å²) in [6.07, 6.45) is 6.19. The Balaban J connectivity index is 3.36. The quantitative estimate of drug-likeness (QED) is 0.540. The van der Waals surface area contributed by atoms with Crippen LogP contribution in [0.3, 0.4) is 0 Å². The van der Waals surface area contributed by atoms with E-state index < -0.39 is 0 Å². The highest BCUT2D eigenvalue weighted by atomic mass is 32.2. The molecule has 0 aliphatic heterocycles. The first-order valence-electron chi connectivity index (χ1n) is 2.78. The Morgan fingerprint density at radius 3 is 2.38 bits per heavy atom. The average Bonchev–Trinajstić information content (AvgIpc) is 1.83. The second kappa shape index (κ2) is 5.04. The first-order chi connectivity index (χ1) is 3.85. The van der Waals surface area contributed by atoms with E-state index in [2.05, 4.69) is 23.7 Å². The lowest BCUT2D eigenvalue weighted by Gasteiger charge is -2.11. The maximum absolute atomic E-state index is 2.17. The predicted octanol–water partition coefficient (Wildman–Crippen LogP) is 2.12. The molecule has 0 rings (SSSR count). The third kappa shape index (κ3) is 2.97. The molecule has 0 saturated carbocycles. The molecule has 2 heteroatoms. The van der Waals surface area contributed by atoms with E-state index in [-0.39, 0.29) is 0 Å². The zero-order valence-electron chi connectivity index (χ0n) is 5.72. The van der Waals surface area contributed by atoms with Gasteiger partial charge in [-0.05, 0) is 13.8 Å². The topological polar surface area (TPSA) is 3.24 Å². The molecule has 0 spiro atoms. The summed E-state index contributed by atoms with van der Waals surface area (Å²) in [5, 5.41) is 0. The van der Waals surface area contributed by atoms with Gasteiger partial charge in [-0.25, -0.2) is 0 Å². The Bertz CT molecular complexity index is 66.9. The Morgan fingerprint density at radius 1 is 1.62 bits per heavy atom. The van der Waals surface area contributed by atoms with E-state index in [0.29, 0.717) is 0 Å². The van der Waals surface area contributed by atoms with Gasteiger partial charge in [-0.15, -0.1) is 0 Å². The molecule has 0 fully saturated rings. The van der Waals surface area contributed by atoms with Crippen LogP contribution in [-0.4, -0.2) is 17.1 Å². The number of allylic oxidation sites excluding steroid dienone is 1. The van der Waals surface area contributed by atoms with Gasteiger partial charge >= 0.3 is 0 Å². The monoisotopic (exact) mass is 131 g/mol. The molecule has 0 radical (unpaired) electrons. The highest BCUT2D eigenvalue weighted by Gasteiger charge is 1.86. The Morgan fingerprint density at radius 2 is 2.25 bits per heavy atom. The van der Waals surface area contributed by atoms with Gasteiger partial charge in [0.2, 0.25) is 0 Å². The average molecular weight is 131 g/mol. The Hall–Kier alpha value is -0.110. The van der Waals surface area contributed by atoms with Crippen LogP contribution < -0.4 is 0 Å². The van der Waals surface area contributed by atoms with E-state index in [1.807, 2.05) is 13.0 Å². The fraction of sp³-hybridized carbons (Fsp3) is 0.667. The molecule has 0 unspecified atom stereocenters. The van der Waals surface area contributed by atoms with Crippen molar-refractivity contribution in [3.05, 3.63) is 12.3 Å². The molecule has 0 N–H and O–H groups in total. The molecule has 0 amide bonds. The molecule has 0 aliphatic rings. The number of hydrogen-bond acceptors (Lipinski definition) is 2. The largest absolute Gasteiger partial charge is 0.324 e. The van der Waals surface area contributed by atoms with E-state index in [9.17, 15) is 0 Å². The Kier molecular flexibility index (Phi) is 4.97. The van der Waals surface area contributed by atoms with Crippen LogP contribution in [0.2, 0.25) is 0 Å². The minimum absolute atomic E-state index is 1.07.